The van der Waals surface area contributed by atoms with Crippen LogP contribution in [0.25, 0.3) is 0 Å². The van der Waals surface area contributed by atoms with Crippen LogP contribution in [0.3, 0.4) is 0 Å². The Morgan fingerprint density at radius 3 is 2.76 bits per heavy atom. The summed E-state index contributed by atoms with van der Waals surface area (Å²) in [6.07, 6.45) is 6.45. The van der Waals surface area contributed by atoms with Crippen LogP contribution >= 0.6 is 0 Å². The maximum Gasteiger partial charge on any atom is 0.321 e. The molecule has 0 spiro atoms. The van der Waals surface area contributed by atoms with Crippen LogP contribution in [0, 0.1) is 5.92 Å². The Labute approximate surface area is 126 Å². The molecule has 0 atom stereocenters. The van der Waals surface area contributed by atoms with Crippen molar-refractivity contribution in [2.75, 3.05) is 25.0 Å². The zero-order valence-electron chi connectivity index (χ0n) is 12.5. The Morgan fingerprint density at radius 1 is 1.24 bits per heavy atom. The van der Waals surface area contributed by atoms with Crippen molar-refractivity contribution in [2.45, 2.75) is 38.5 Å². The highest BCUT2D eigenvalue weighted by molar-refractivity contribution is 5.90. The molecule has 21 heavy (non-hydrogen) atoms. The van der Waals surface area contributed by atoms with Crippen LogP contribution in [-0.2, 0) is 12.8 Å². The maximum absolute atomic E-state index is 12.4. The average molecular weight is 288 g/mol. The van der Waals surface area contributed by atoms with E-state index in [2.05, 4.69) is 11.4 Å². The van der Waals surface area contributed by atoms with Crippen LogP contribution in [0.5, 0.6) is 0 Å². The van der Waals surface area contributed by atoms with Crippen LogP contribution in [0.2, 0.25) is 0 Å². The number of nitrogens with zero attached hydrogens (tertiary/aromatic N) is 1. The van der Waals surface area contributed by atoms with E-state index in [9.17, 15) is 4.79 Å². The summed E-state index contributed by atoms with van der Waals surface area (Å²) < 4.78 is 0. The second-order valence-corrected chi connectivity index (χ2v) is 6.19. The van der Waals surface area contributed by atoms with E-state index < -0.39 is 0 Å². The summed E-state index contributed by atoms with van der Waals surface area (Å²) in [6.45, 7) is 1.72. The van der Waals surface area contributed by atoms with Gasteiger partial charge in [-0.2, -0.15) is 0 Å². The number of aliphatic hydroxyl groups is 1. The second kappa shape index (κ2) is 6.48. The number of aliphatic hydroxyl groups excluding tert-OH is 1. The van der Waals surface area contributed by atoms with E-state index in [1.165, 1.54) is 24.0 Å². The van der Waals surface area contributed by atoms with Gasteiger partial charge in [0.1, 0.15) is 0 Å². The third-order valence-corrected chi connectivity index (χ3v) is 4.80. The minimum Gasteiger partial charge on any atom is -0.396 e. The summed E-state index contributed by atoms with van der Waals surface area (Å²) in [4.78, 5) is 14.3. The lowest BCUT2D eigenvalue weighted by Crippen LogP contribution is -2.41. The number of rotatable bonds is 2. The van der Waals surface area contributed by atoms with Gasteiger partial charge in [0.2, 0.25) is 0 Å². The summed E-state index contributed by atoms with van der Waals surface area (Å²) in [5.41, 5.74) is 3.70. The molecule has 2 aliphatic rings. The predicted octanol–water partition coefficient (Wildman–Crippen LogP) is 2.80. The molecular weight excluding hydrogens is 264 g/mol. The van der Waals surface area contributed by atoms with Crippen molar-refractivity contribution in [3.8, 4) is 0 Å². The molecule has 2 amide bonds. The van der Waals surface area contributed by atoms with Crippen molar-refractivity contribution < 1.29 is 9.90 Å². The van der Waals surface area contributed by atoms with Gasteiger partial charge in [0.15, 0.2) is 0 Å². The van der Waals surface area contributed by atoms with Crippen molar-refractivity contribution in [2.24, 2.45) is 5.92 Å². The van der Waals surface area contributed by atoms with E-state index in [0.717, 1.165) is 44.5 Å². The number of urea groups is 1. The smallest absolute Gasteiger partial charge is 0.321 e. The number of anilines is 1. The van der Waals surface area contributed by atoms with E-state index in [4.69, 9.17) is 5.11 Å². The zero-order chi connectivity index (χ0) is 14.7. The molecule has 114 valence electrons. The van der Waals surface area contributed by atoms with E-state index in [-0.39, 0.29) is 12.6 Å². The molecule has 0 bridgehead atoms. The van der Waals surface area contributed by atoms with E-state index in [1.54, 1.807) is 0 Å². The molecule has 1 saturated heterocycles. The molecule has 0 unspecified atom stereocenters. The van der Waals surface area contributed by atoms with Gasteiger partial charge in [-0.1, -0.05) is 12.1 Å². The van der Waals surface area contributed by atoms with Gasteiger partial charge in [-0.05, 0) is 61.6 Å². The number of hydrogen-bond donors (Lipinski definition) is 2. The summed E-state index contributed by atoms with van der Waals surface area (Å²) in [7, 11) is 0. The molecular formula is C17H24N2O2. The number of likely N-dealkylation sites (tertiary alicyclic amines) is 1. The van der Waals surface area contributed by atoms with Gasteiger partial charge in [0.25, 0.3) is 0 Å². The number of benzene rings is 1. The van der Waals surface area contributed by atoms with Crippen LogP contribution in [0.1, 0.15) is 36.8 Å². The molecule has 1 aromatic rings. The topological polar surface area (TPSA) is 52.6 Å². The van der Waals surface area contributed by atoms with Gasteiger partial charge in [0.05, 0.1) is 0 Å². The molecule has 0 radical (unpaired) electrons. The Bertz CT molecular complexity index is 508. The monoisotopic (exact) mass is 288 g/mol. The van der Waals surface area contributed by atoms with Crippen molar-refractivity contribution in [3.05, 3.63) is 29.3 Å². The molecule has 2 N–H and O–H groups in total. The number of piperidine rings is 1. The average Bonchev–Trinajstić information content (AvgIpc) is 2.55. The quantitative estimate of drug-likeness (QED) is 0.879. The number of amides is 2. The first-order chi connectivity index (χ1) is 10.3. The molecule has 1 aliphatic carbocycles. The molecule has 4 nitrogen and oxygen atoms in total. The standard InChI is InChI=1S/C17H24N2O2/c20-12-13-8-10-19(11-9-13)17(21)18-16-7-3-5-14-4-1-2-6-15(14)16/h3,5,7,13,20H,1-2,4,6,8-12H2,(H,18,21). The molecule has 1 aliphatic heterocycles. The van der Waals surface area contributed by atoms with E-state index >= 15 is 0 Å². The Morgan fingerprint density at radius 2 is 2.00 bits per heavy atom. The SMILES string of the molecule is O=C(Nc1cccc2c1CCCC2)N1CCC(CO)CC1. The predicted molar refractivity (Wildman–Crippen MR) is 83.5 cm³/mol. The fourth-order valence-electron chi connectivity index (χ4n) is 3.41. The molecule has 0 aromatic heterocycles. The van der Waals surface area contributed by atoms with Crippen molar-refractivity contribution >= 4 is 11.7 Å². The first-order valence-corrected chi connectivity index (χ1v) is 8.05. The van der Waals surface area contributed by atoms with E-state index in [0.29, 0.717) is 5.92 Å². The van der Waals surface area contributed by atoms with Gasteiger partial charge in [-0.3, -0.25) is 0 Å². The highest BCUT2D eigenvalue weighted by Gasteiger charge is 2.23. The molecule has 3 rings (SSSR count). The lowest BCUT2D eigenvalue weighted by atomic mass is 9.90. The number of hydrogen-bond acceptors (Lipinski definition) is 2. The Kier molecular flexibility index (Phi) is 4.44. The first kappa shape index (κ1) is 14.4. The van der Waals surface area contributed by atoms with Gasteiger partial charge in [-0.15, -0.1) is 0 Å². The van der Waals surface area contributed by atoms with Crippen LogP contribution in [0.15, 0.2) is 18.2 Å². The lowest BCUT2D eigenvalue weighted by molar-refractivity contribution is 0.143. The fourth-order valence-corrected chi connectivity index (χ4v) is 3.41. The first-order valence-electron chi connectivity index (χ1n) is 8.05. The molecule has 1 aromatic carbocycles. The molecule has 1 heterocycles. The normalized spacial score (nSPS) is 19.2. The molecule has 1 fully saturated rings. The van der Waals surface area contributed by atoms with Gasteiger partial charge in [0, 0.05) is 25.4 Å². The Balaban J connectivity index is 1.65. The number of carbonyl (C=O) groups excluding carboxylic acids is 1. The summed E-state index contributed by atoms with van der Waals surface area (Å²) in [5, 5.41) is 12.3. The third kappa shape index (κ3) is 3.21. The largest absolute Gasteiger partial charge is 0.396 e. The molecule has 0 saturated carbocycles. The number of aryl methyl sites for hydroxylation is 1. The minimum absolute atomic E-state index is 0.00497. The van der Waals surface area contributed by atoms with Crippen LogP contribution < -0.4 is 5.32 Å². The zero-order valence-corrected chi connectivity index (χ0v) is 12.5. The van der Waals surface area contributed by atoms with Gasteiger partial charge < -0.3 is 15.3 Å². The number of fused-ring (bicyclic) bond motifs is 1. The van der Waals surface area contributed by atoms with Crippen LogP contribution in [0.4, 0.5) is 10.5 Å². The summed E-state index contributed by atoms with van der Waals surface area (Å²) in [6, 6.07) is 6.24. The van der Waals surface area contributed by atoms with Crippen LogP contribution in [-0.4, -0.2) is 35.7 Å². The van der Waals surface area contributed by atoms with Crippen molar-refractivity contribution in [1.82, 2.24) is 4.90 Å². The highest BCUT2D eigenvalue weighted by atomic mass is 16.3. The van der Waals surface area contributed by atoms with E-state index in [1.807, 2.05) is 17.0 Å². The lowest BCUT2D eigenvalue weighted by Gasteiger charge is -2.31. The molecule has 4 heteroatoms. The fraction of sp³-hybridized carbons (Fsp3) is 0.588. The number of nitrogens with one attached hydrogen (secondary N) is 1. The van der Waals surface area contributed by atoms with Crippen molar-refractivity contribution in [3.63, 3.8) is 0 Å². The Hall–Kier alpha value is -1.55. The summed E-state index contributed by atoms with van der Waals surface area (Å²) >= 11 is 0. The third-order valence-electron chi connectivity index (χ3n) is 4.80. The highest BCUT2D eigenvalue weighted by Crippen LogP contribution is 2.28. The number of carbonyl (C=O) groups is 1. The van der Waals surface area contributed by atoms with Gasteiger partial charge in [-0.25, -0.2) is 4.79 Å². The second-order valence-electron chi connectivity index (χ2n) is 6.19. The van der Waals surface area contributed by atoms with Crippen molar-refractivity contribution in [1.29, 1.82) is 0 Å². The minimum atomic E-state index is 0.00497. The summed E-state index contributed by atoms with van der Waals surface area (Å²) in [5.74, 6) is 0.360. The maximum atomic E-state index is 12.4. The van der Waals surface area contributed by atoms with Gasteiger partial charge >= 0.3 is 6.03 Å².